The number of ether oxygens (including phenoxy) is 2. The number of amides is 4. The van der Waals surface area contributed by atoms with Crippen LogP contribution in [0, 0.1) is 63.2 Å². The van der Waals surface area contributed by atoms with Gasteiger partial charge in [-0.1, -0.05) is 21.6 Å². The van der Waals surface area contributed by atoms with Gasteiger partial charge in [-0.25, -0.2) is 9.59 Å². The largest absolute Gasteiger partial charge is 2.00 e. The van der Waals surface area contributed by atoms with Crippen LogP contribution in [0.1, 0.15) is 0 Å². The van der Waals surface area contributed by atoms with Gasteiger partial charge in [0.2, 0.25) is 23.6 Å². The van der Waals surface area contributed by atoms with Crippen molar-refractivity contribution in [3.63, 3.8) is 0 Å². The first-order valence-corrected chi connectivity index (χ1v) is 13.7. The number of rotatable bonds is 15. The first-order chi connectivity index (χ1) is 18.2. The molecule has 0 aromatic rings. The van der Waals surface area contributed by atoms with E-state index in [1.54, 1.807) is 51.4 Å². The topological polar surface area (TPSA) is 169 Å². The quantitative estimate of drug-likeness (QED) is 0.0750. The van der Waals surface area contributed by atoms with Crippen LogP contribution in [0.25, 0.3) is 0 Å². The normalized spacial score (nSPS) is 16.8. The van der Waals surface area contributed by atoms with E-state index < -0.39 is 47.7 Å². The third-order valence-corrected chi connectivity index (χ3v) is 7.29. The van der Waals surface area contributed by atoms with Crippen molar-refractivity contribution < 1.29 is 55.3 Å². The van der Waals surface area contributed by atoms with Gasteiger partial charge < -0.3 is 30.7 Å². The van der Waals surface area contributed by atoms with Gasteiger partial charge in [0.1, 0.15) is 12.1 Å². The smallest absolute Gasteiger partial charge is 0.467 e. The molecule has 0 aromatic heterocycles. The first kappa shape index (κ1) is 35.1. The van der Waals surface area contributed by atoms with Crippen LogP contribution >= 0.6 is 21.6 Å². The van der Waals surface area contributed by atoms with Crippen molar-refractivity contribution in [3.05, 3.63) is 63.2 Å². The summed E-state index contributed by atoms with van der Waals surface area (Å²) in [6, 6.07) is -2.03. The molecule has 2 saturated carbocycles. The standard InChI is InChI=1S/C24H28N4O8S2.Fe/c1-35-23(33)17(27-19(29)11-25-21(31)15-7-3-4-8-15)13-37-38-14-18(24(34)36-2)28-20(30)12-26-22(32)16-9-5-6-10-16;/h3-10,17-18H,11-14H2,1-2H3,(H,25,31)(H,26,32)(H,27,29)(H,28,30);/q;+2/t17-,18-;/m0./s1. The molecule has 2 fully saturated rings. The molecule has 2 rings (SSSR count). The van der Waals surface area contributed by atoms with Crippen molar-refractivity contribution in [1.82, 2.24) is 21.3 Å². The zero-order valence-corrected chi connectivity index (χ0v) is 23.8. The Kier molecular flexibility index (Phi) is 17.2. The van der Waals surface area contributed by atoms with Gasteiger partial charge in [-0.2, -0.15) is 0 Å². The fourth-order valence-electron chi connectivity index (χ4n) is 2.92. The van der Waals surface area contributed by atoms with Crippen LogP contribution < -0.4 is 21.3 Å². The van der Waals surface area contributed by atoms with Gasteiger partial charge in [0, 0.05) is 11.5 Å². The Balaban J connectivity index is 0.00000760. The number of methoxy groups -OCH3 is 2. The van der Waals surface area contributed by atoms with Gasteiger partial charge in [0.25, 0.3) is 0 Å². The number of nitrogens with one attached hydrogen (secondary N) is 4. The average Bonchev–Trinajstić information content (AvgIpc) is 3.65. The molecule has 10 radical (unpaired) electrons. The molecule has 2 atom stereocenters. The van der Waals surface area contributed by atoms with Gasteiger partial charge in [0.15, 0.2) is 0 Å². The van der Waals surface area contributed by atoms with Crippen molar-refractivity contribution in [2.24, 2.45) is 0 Å². The monoisotopic (exact) mass is 620 g/mol. The Morgan fingerprint density at radius 3 is 1.31 bits per heavy atom. The third kappa shape index (κ3) is 12.8. The maximum Gasteiger partial charge on any atom is 2.00 e. The summed E-state index contributed by atoms with van der Waals surface area (Å²) in [6.07, 6.45) is 13.2. The molecule has 2 aliphatic carbocycles. The summed E-state index contributed by atoms with van der Waals surface area (Å²) in [6.45, 7) is -0.678. The Labute approximate surface area is 247 Å². The van der Waals surface area contributed by atoms with Gasteiger partial charge in [0.05, 0.1) is 39.1 Å². The Morgan fingerprint density at radius 1 is 0.667 bits per heavy atom. The molecule has 4 N–H and O–H groups in total. The average molecular weight is 620 g/mol. The number of carbonyl (C=O) groups is 6. The van der Waals surface area contributed by atoms with E-state index in [4.69, 9.17) is 9.47 Å². The number of hydrogen-bond donors (Lipinski definition) is 4. The van der Waals surface area contributed by atoms with Crippen LogP contribution in [0.4, 0.5) is 0 Å². The van der Waals surface area contributed by atoms with Crippen molar-refractivity contribution >= 4 is 57.2 Å². The van der Waals surface area contributed by atoms with E-state index >= 15 is 0 Å². The second kappa shape index (κ2) is 19.2. The maximum atomic E-state index is 12.2. The molecule has 0 aliphatic heterocycles. The summed E-state index contributed by atoms with van der Waals surface area (Å²) in [5, 5.41) is 9.91. The van der Waals surface area contributed by atoms with Crippen molar-refractivity contribution in [2.45, 2.75) is 12.1 Å². The molecule has 2 aliphatic rings. The molecule has 0 spiro atoms. The van der Waals surface area contributed by atoms with E-state index in [-0.39, 0.29) is 41.7 Å². The fourth-order valence-corrected chi connectivity index (χ4v) is 5.22. The van der Waals surface area contributed by atoms with Crippen molar-refractivity contribution in [2.75, 3.05) is 38.8 Å². The molecular formula is C24H28FeN4O8S2+2. The zero-order valence-electron chi connectivity index (χ0n) is 21.0. The molecule has 0 aromatic carbocycles. The van der Waals surface area contributed by atoms with Gasteiger partial charge in [-0.15, -0.1) is 0 Å². The molecule has 0 heterocycles. The molecule has 15 heteroatoms. The van der Waals surface area contributed by atoms with Crippen LogP contribution in [-0.4, -0.2) is 86.5 Å². The van der Waals surface area contributed by atoms with Gasteiger partial charge in [-0.05, 0) is 51.4 Å². The summed E-state index contributed by atoms with van der Waals surface area (Å²) >= 11 is 0. The minimum absolute atomic E-state index is 0. The number of hydrogen-bond acceptors (Lipinski definition) is 10. The summed E-state index contributed by atoms with van der Waals surface area (Å²) in [7, 11) is 4.66. The molecule has 4 amide bonds. The van der Waals surface area contributed by atoms with Crippen LogP contribution in [0.2, 0.25) is 0 Å². The number of carbonyl (C=O) groups excluding carboxylic acids is 6. The van der Waals surface area contributed by atoms with Gasteiger partial charge in [-0.3, -0.25) is 19.2 Å². The van der Waals surface area contributed by atoms with E-state index in [0.717, 1.165) is 21.6 Å². The van der Waals surface area contributed by atoms with E-state index in [9.17, 15) is 28.8 Å². The summed E-state index contributed by atoms with van der Waals surface area (Å²) < 4.78 is 9.46. The fraction of sp³-hybridized carbons (Fsp3) is 0.333. The molecule has 12 nitrogen and oxygen atoms in total. The van der Waals surface area contributed by atoms with Gasteiger partial charge >= 0.3 is 29.0 Å². The molecule has 0 saturated heterocycles. The zero-order chi connectivity index (χ0) is 27.9. The van der Waals surface area contributed by atoms with Crippen LogP contribution in [-0.2, 0) is 55.3 Å². The van der Waals surface area contributed by atoms with E-state index in [1.807, 2.05) is 0 Å². The Hall–Kier alpha value is -1.96. The van der Waals surface area contributed by atoms with Crippen LogP contribution in [0.5, 0.6) is 0 Å². The Bertz CT molecular complexity index is 786. The SMILES string of the molecule is COC(=O)[C@H](CSSC[C@H](NC(=O)CNC(=O)[C]1[CH][CH][CH][CH]1)C(=O)OC)NC(=O)CNC(=O)[C]1[CH][CH][CH][CH]1.[Fe+2]. The predicted molar refractivity (Wildman–Crippen MR) is 140 cm³/mol. The second-order valence-electron chi connectivity index (χ2n) is 7.57. The predicted octanol–water partition coefficient (Wildman–Crippen LogP) is -1.28. The second-order valence-corrected chi connectivity index (χ2v) is 10.1. The summed E-state index contributed by atoms with van der Waals surface area (Å²) in [5.41, 5.74) is 0. The summed E-state index contributed by atoms with van der Waals surface area (Å²) in [5.74, 6) is -2.42. The van der Waals surface area contributed by atoms with Crippen LogP contribution in [0.15, 0.2) is 0 Å². The van der Waals surface area contributed by atoms with E-state index in [2.05, 4.69) is 21.3 Å². The summed E-state index contributed by atoms with van der Waals surface area (Å²) in [4.78, 5) is 72.6. The maximum absolute atomic E-state index is 12.2. The minimum Gasteiger partial charge on any atom is -0.467 e. The Morgan fingerprint density at radius 2 is 1.00 bits per heavy atom. The molecular weight excluding hydrogens is 592 g/mol. The molecule has 0 bridgehead atoms. The van der Waals surface area contributed by atoms with Crippen LogP contribution in [0.3, 0.4) is 0 Å². The van der Waals surface area contributed by atoms with Crippen molar-refractivity contribution in [3.8, 4) is 0 Å². The molecule has 0 unspecified atom stereocenters. The van der Waals surface area contributed by atoms with Crippen molar-refractivity contribution in [1.29, 1.82) is 0 Å². The minimum atomic E-state index is -1.02. The van der Waals surface area contributed by atoms with E-state index in [0.29, 0.717) is 11.8 Å². The first-order valence-electron chi connectivity index (χ1n) is 11.2. The molecule has 39 heavy (non-hydrogen) atoms. The number of esters is 2. The third-order valence-electron chi connectivity index (χ3n) is 4.86. The van der Waals surface area contributed by atoms with E-state index in [1.165, 1.54) is 14.2 Å². The molecule has 210 valence electrons.